The molecule has 6 nitrogen and oxygen atoms in total. The maximum absolute atomic E-state index is 12.8. The molecule has 0 aliphatic rings. The molecule has 0 saturated heterocycles. The number of hydrogen-bond acceptors (Lipinski definition) is 4. The van der Waals surface area contributed by atoms with Crippen LogP contribution in [0.1, 0.15) is 43.4 Å². The summed E-state index contributed by atoms with van der Waals surface area (Å²) >= 11 is 0. The minimum Gasteiger partial charge on any atom is -0.495 e. The van der Waals surface area contributed by atoms with Gasteiger partial charge in [0, 0.05) is 5.69 Å². The average Bonchev–Trinajstić information content (AvgIpc) is 2.62. The molecule has 0 radical (unpaired) electrons. The lowest BCUT2D eigenvalue weighted by atomic mass is 9.98. The van der Waals surface area contributed by atoms with Crippen molar-refractivity contribution in [3.05, 3.63) is 53.1 Å². The van der Waals surface area contributed by atoms with Crippen LogP contribution < -0.4 is 14.8 Å². The summed E-state index contributed by atoms with van der Waals surface area (Å²) in [5, 5.41) is 2.88. The third-order valence-corrected chi connectivity index (χ3v) is 6.07. The Morgan fingerprint density at radius 2 is 1.75 bits per heavy atom. The molecule has 2 N–H and O–H groups in total. The molecule has 0 unspecified atom stereocenters. The van der Waals surface area contributed by atoms with Gasteiger partial charge in [0.05, 0.1) is 13.2 Å². The number of rotatable bonds is 7. The predicted octanol–water partition coefficient (Wildman–Crippen LogP) is 3.74. The van der Waals surface area contributed by atoms with Crippen molar-refractivity contribution in [1.29, 1.82) is 0 Å². The van der Waals surface area contributed by atoms with E-state index in [-0.39, 0.29) is 16.6 Å². The molecule has 0 aromatic heterocycles. The quantitative estimate of drug-likeness (QED) is 0.736. The molecule has 2 aromatic rings. The van der Waals surface area contributed by atoms with Gasteiger partial charge in [0.15, 0.2) is 0 Å². The molecule has 1 atom stereocenters. The van der Waals surface area contributed by atoms with Gasteiger partial charge < -0.3 is 10.1 Å². The van der Waals surface area contributed by atoms with Crippen LogP contribution in [0.4, 0.5) is 5.69 Å². The topological polar surface area (TPSA) is 84.5 Å². The Balaban J connectivity index is 2.25. The van der Waals surface area contributed by atoms with Crippen molar-refractivity contribution >= 4 is 21.6 Å². The highest BCUT2D eigenvalue weighted by Crippen LogP contribution is 2.28. The van der Waals surface area contributed by atoms with E-state index in [0.29, 0.717) is 0 Å². The van der Waals surface area contributed by atoms with E-state index < -0.39 is 22.0 Å². The normalized spacial score (nSPS) is 12.7. The summed E-state index contributed by atoms with van der Waals surface area (Å²) in [7, 11) is -2.53. The first-order valence-electron chi connectivity index (χ1n) is 9.14. The molecule has 2 rings (SSSR count). The number of methoxy groups -OCH3 is 1. The second-order valence-corrected chi connectivity index (χ2v) is 8.86. The summed E-state index contributed by atoms with van der Waals surface area (Å²) in [6.07, 6.45) is 0. The van der Waals surface area contributed by atoms with Crippen LogP contribution in [0, 0.1) is 13.8 Å². The Bertz CT molecular complexity index is 968. The van der Waals surface area contributed by atoms with Crippen molar-refractivity contribution in [3.63, 3.8) is 0 Å². The van der Waals surface area contributed by atoms with E-state index in [9.17, 15) is 13.2 Å². The molecule has 0 bridgehead atoms. The molecular formula is C21H28N2O4S. The Kier molecular flexibility index (Phi) is 6.85. The monoisotopic (exact) mass is 404 g/mol. The van der Waals surface area contributed by atoms with E-state index in [0.717, 1.165) is 22.4 Å². The maximum atomic E-state index is 12.8. The molecule has 0 fully saturated rings. The fourth-order valence-electron chi connectivity index (χ4n) is 2.92. The number of ether oxygens (including phenoxy) is 1. The SMILES string of the molecule is COc1ccc(C)cc1S(=O)(=O)N[C@H](C)C(=O)Nc1c(C)cccc1C(C)C. The van der Waals surface area contributed by atoms with Gasteiger partial charge in [-0.3, -0.25) is 4.79 Å². The van der Waals surface area contributed by atoms with Gasteiger partial charge in [0.2, 0.25) is 15.9 Å². The zero-order chi connectivity index (χ0) is 21.1. The number of sulfonamides is 1. The lowest BCUT2D eigenvalue weighted by Crippen LogP contribution is -2.41. The smallest absolute Gasteiger partial charge is 0.244 e. The van der Waals surface area contributed by atoms with Gasteiger partial charge in [0.1, 0.15) is 10.6 Å². The first kappa shape index (κ1) is 21.9. The van der Waals surface area contributed by atoms with Gasteiger partial charge >= 0.3 is 0 Å². The second-order valence-electron chi connectivity index (χ2n) is 7.18. The summed E-state index contributed by atoms with van der Waals surface area (Å²) in [4.78, 5) is 12.7. The summed E-state index contributed by atoms with van der Waals surface area (Å²) < 4.78 is 33.2. The minimum atomic E-state index is -3.93. The third-order valence-electron chi connectivity index (χ3n) is 4.51. The van der Waals surface area contributed by atoms with Crippen molar-refractivity contribution in [3.8, 4) is 5.75 Å². The molecule has 2 aromatic carbocycles. The van der Waals surface area contributed by atoms with Gasteiger partial charge in [0.25, 0.3) is 0 Å². The summed E-state index contributed by atoms with van der Waals surface area (Å²) in [6.45, 7) is 9.30. The maximum Gasteiger partial charge on any atom is 0.244 e. The summed E-state index contributed by atoms with van der Waals surface area (Å²) in [5.74, 6) is 0.0249. The van der Waals surface area contributed by atoms with Crippen molar-refractivity contribution in [2.24, 2.45) is 0 Å². The van der Waals surface area contributed by atoms with Crippen LogP contribution in [0.2, 0.25) is 0 Å². The highest BCUT2D eigenvalue weighted by atomic mass is 32.2. The van der Waals surface area contributed by atoms with Crippen molar-refractivity contribution < 1.29 is 17.9 Å². The van der Waals surface area contributed by atoms with Gasteiger partial charge in [-0.15, -0.1) is 0 Å². The molecule has 0 aliphatic heterocycles. The zero-order valence-electron chi connectivity index (χ0n) is 17.2. The molecule has 7 heteroatoms. The highest BCUT2D eigenvalue weighted by molar-refractivity contribution is 7.89. The Morgan fingerprint density at radius 3 is 2.36 bits per heavy atom. The molecule has 1 amide bonds. The standard InChI is InChI=1S/C21H28N2O4S/c1-13(2)17-9-7-8-15(4)20(17)22-21(24)16(5)23-28(25,26)19-12-14(3)10-11-18(19)27-6/h7-13,16,23H,1-6H3,(H,22,24)/t16-/m1/s1. The van der Waals surface area contributed by atoms with Gasteiger partial charge in [-0.1, -0.05) is 38.1 Å². The van der Waals surface area contributed by atoms with E-state index >= 15 is 0 Å². The lowest BCUT2D eigenvalue weighted by Gasteiger charge is -2.20. The number of carbonyl (C=O) groups excluding carboxylic acids is 1. The van der Waals surface area contributed by atoms with Gasteiger partial charge in [-0.05, 0) is 55.5 Å². The van der Waals surface area contributed by atoms with Crippen LogP contribution in [0.3, 0.4) is 0 Å². The van der Waals surface area contributed by atoms with Gasteiger partial charge in [-0.2, -0.15) is 4.72 Å². The average molecular weight is 405 g/mol. The minimum absolute atomic E-state index is 0.00779. The van der Waals surface area contributed by atoms with Crippen LogP contribution in [-0.4, -0.2) is 27.5 Å². The van der Waals surface area contributed by atoms with Crippen LogP contribution in [0.15, 0.2) is 41.3 Å². The van der Waals surface area contributed by atoms with Crippen LogP contribution in [-0.2, 0) is 14.8 Å². The van der Waals surface area contributed by atoms with E-state index in [4.69, 9.17) is 4.74 Å². The molecule has 0 spiro atoms. The fourth-order valence-corrected chi connectivity index (χ4v) is 4.37. The largest absolute Gasteiger partial charge is 0.495 e. The number of hydrogen-bond donors (Lipinski definition) is 2. The molecule has 28 heavy (non-hydrogen) atoms. The Morgan fingerprint density at radius 1 is 1.07 bits per heavy atom. The predicted molar refractivity (Wildman–Crippen MR) is 111 cm³/mol. The van der Waals surface area contributed by atoms with Crippen LogP contribution in [0.5, 0.6) is 5.75 Å². The van der Waals surface area contributed by atoms with E-state index in [1.54, 1.807) is 19.1 Å². The van der Waals surface area contributed by atoms with Crippen molar-refractivity contribution in [2.75, 3.05) is 12.4 Å². The second kappa shape index (κ2) is 8.75. The number of carbonyl (C=O) groups is 1. The highest BCUT2D eigenvalue weighted by Gasteiger charge is 2.26. The molecule has 152 valence electrons. The number of para-hydroxylation sites is 1. The van der Waals surface area contributed by atoms with Crippen LogP contribution in [0.25, 0.3) is 0 Å². The molecule has 0 saturated carbocycles. The number of benzene rings is 2. The third kappa shape index (κ3) is 4.91. The number of anilines is 1. The first-order valence-corrected chi connectivity index (χ1v) is 10.6. The lowest BCUT2D eigenvalue weighted by molar-refractivity contribution is -0.117. The molecular weight excluding hydrogens is 376 g/mol. The Hall–Kier alpha value is -2.38. The number of nitrogens with one attached hydrogen (secondary N) is 2. The van der Waals surface area contributed by atoms with Crippen molar-refractivity contribution in [2.45, 2.75) is 51.5 Å². The Labute approximate surface area is 167 Å². The van der Waals surface area contributed by atoms with E-state index in [1.807, 2.05) is 39.0 Å². The summed E-state index contributed by atoms with van der Waals surface area (Å²) in [5.41, 5.74) is 3.43. The van der Waals surface area contributed by atoms with Crippen molar-refractivity contribution in [1.82, 2.24) is 4.72 Å². The number of amides is 1. The van der Waals surface area contributed by atoms with E-state index in [2.05, 4.69) is 10.0 Å². The fraction of sp³-hybridized carbons (Fsp3) is 0.381. The van der Waals surface area contributed by atoms with Crippen LogP contribution >= 0.6 is 0 Å². The molecule has 0 heterocycles. The first-order chi connectivity index (χ1) is 13.1. The zero-order valence-corrected chi connectivity index (χ0v) is 18.0. The van der Waals surface area contributed by atoms with E-state index in [1.165, 1.54) is 20.1 Å². The molecule has 0 aliphatic carbocycles. The van der Waals surface area contributed by atoms with Gasteiger partial charge in [-0.25, -0.2) is 8.42 Å². The summed E-state index contributed by atoms with van der Waals surface area (Å²) in [6, 6.07) is 9.72. The number of aryl methyl sites for hydroxylation is 2.